The molecule has 4 nitrogen and oxygen atoms in total. The SMILES string of the molecule is CC1(C)CCC2(C=O)CC[C@]3(C)C(C(=O)CC4[C@@]5(C)Cc6cnoc6C(C)(C)C5CC[C@]43C)C2C1. The highest BCUT2D eigenvalue weighted by atomic mass is 16.5. The van der Waals surface area contributed by atoms with E-state index in [-0.39, 0.29) is 44.3 Å². The molecular formula is C31H45NO3. The van der Waals surface area contributed by atoms with Crippen molar-refractivity contribution in [1.82, 2.24) is 5.16 Å². The van der Waals surface area contributed by atoms with Crippen molar-refractivity contribution in [2.24, 2.45) is 50.7 Å². The van der Waals surface area contributed by atoms with Crippen molar-refractivity contribution in [2.75, 3.05) is 0 Å². The number of aromatic nitrogens is 1. The molecule has 192 valence electrons. The quantitative estimate of drug-likeness (QED) is 0.409. The summed E-state index contributed by atoms with van der Waals surface area (Å²) in [7, 11) is 0. The third kappa shape index (κ3) is 2.78. The highest BCUT2D eigenvalue weighted by molar-refractivity contribution is 5.85. The monoisotopic (exact) mass is 479 g/mol. The van der Waals surface area contributed by atoms with Crippen LogP contribution in [0.2, 0.25) is 0 Å². The minimum absolute atomic E-state index is 0.0187. The fourth-order valence-corrected chi connectivity index (χ4v) is 11.2. The predicted octanol–water partition coefficient (Wildman–Crippen LogP) is 6.95. The first-order valence-corrected chi connectivity index (χ1v) is 14.2. The van der Waals surface area contributed by atoms with Crippen LogP contribution < -0.4 is 0 Å². The van der Waals surface area contributed by atoms with Gasteiger partial charge in [0.15, 0.2) is 0 Å². The molecule has 0 N–H and O–H groups in total. The van der Waals surface area contributed by atoms with Gasteiger partial charge < -0.3 is 9.32 Å². The van der Waals surface area contributed by atoms with E-state index >= 15 is 0 Å². The van der Waals surface area contributed by atoms with Gasteiger partial charge in [0.25, 0.3) is 0 Å². The molecule has 5 aliphatic rings. The molecule has 1 aromatic heterocycles. The largest absolute Gasteiger partial charge is 0.361 e. The number of carbonyl (C=O) groups excluding carboxylic acids is 2. The zero-order chi connectivity index (χ0) is 25.2. The fourth-order valence-electron chi connectivity index (χ4n) is 11.2. The Balaban J connectivity index is 1.46. The number of nitrogens with zero attached hydrogens (tertiary/aromatic N) is 1. The molecule has 4 saturated carbocycles. The Morgan fingerprint density at radius 2 is 1.66 bits per heavy atom. The fraction of sp³-hybridized carbons (Fsp3) is 0.839. The van der Waals surface area contributed by atoms with Crippen molar-refractivity contribution in [3.8, 4) is 0 Å². The van der Waals surface area contributed by atoms with E-state index < -0.39 is 0 Å². The number of Topliss-reactive ketones (excluding diaryl/α,β-unsaturated/α-hetero) is 1. The van der Waals surface area contributed by atoms with Crippen molar-refractivity contribution in [3.05, 3.63) is 17.5 Å². The first-order chi connectivity index (χ1) is 16.2. The zero-order valence-corrected chi connectivity index (χ0v) is 23.0. The predicted molar refractivity (Wildman–Crippen MR) is 136 cm³/mol. The second kappa shape index (κ2) is 6.90. The summed E-state index contributed by atoms with van der Waals surface area (Å²) in [4.78, 5) is 27.0. The summed E-state index contributed by atoms with van der Waals surface area (Å²) in [6.45, 7) is 16.8. The number of hydrogen-bond acceptors (Lipinski definition) is 4. The summed E-state index contributed by atoms with van der Waals surface area (Å²) in [6, 6.07) is 0. The molecule has 0 spiro atoms. The van der Waals surface area contributed by atoms with Gasteiger partial charge in [0.2, 0.25) is 0 Å². The molecule has 35 heavy (non-hydrogen) atoms. The average molecular weight is 480 g/mol. The van der Waals surface area contributed by atoms with Crippen molar-refractivity contribution in [3.63, 3.8) is 0 Å². The van der Waals surface area contributed by atoms with Gasteiger partial charge in [0.05, 0.1) is 6.20 Å². The molecule has 0 radical (unpaired) electrons. The lowest BCUT2D eigenvalue weighted by Gasteiger charge is -2.72. The van der Waals surface area contributed by atoms with Gasteiger partial charge in [-0.15, -0.1) is 0 Å². The molecule has 0 bridgehead atoms. The number of carbonyl (C=O) groups is 2. The van der Waals surface area contributed by atoms with Gasteiger partial charge in [-0.05, 0) is 90.8 Å². The Morgan fingerprint density at radius 3 is 2.37 bits per heavy atom. The highest BCUT2D eigenvalue weighted by Crippen LogP contribution is 2.75. The number of hydrogen-bond donors (Lipinski definition) is 0. The van der Waals surface area contributed by atoms with E-state index in [0.29, 0.717) is 24.0 Å². The maximum atomic E-state index is 14.4. The van der Waals surface area contributed by atoms with Crippen LogP contribution >= 0.6 is 0 Å². The molecule has 5 unspecified atom stereocenters. The third-order valence-electron chi connectivity index (χ3n) is 13.3. The van der Waals surface area contributed by atoms with E-state index in [0.717, 1.165) is 50.7 Å². The Morgan fingerprint density at radius 1 is 0.943 bits per heavy atom. The molecule has 8 atom stereocenters. The average Bonchev–Trinajstić information content (AvgIpc) is 3.24. The minimum Gasteiger partial charge on any atom is -0.361 e. The van der Waals surface area contributed by atoms with Gasteiger partial charge in [0, 0.05) is 28.7 Å². The van der Waals surface area contributed by atoms with Gasteiger partial charge in [-0.2, -0.15) is 0 Å². The molecule has 4 heteroatoms. The second-order valence-corrected chi connectivity index (χ2v) is 15.5. The second-order valence-electron chi connectivity index (χ2n) is 15.5. The van der Waals surface area contributed by atoms with Crippen LogP contribution in [0.5, 0.6) is 0 Å². The van der Waals surface area contributed by atoms with E-state index in [4.69, 9.17) is 4.52 Å². The van der Waals surface area contributed by atoms with Crippen molar-refractivity contribution in [1.29, 1.82) is 0 Å². The van der Waals surface area contributed by atoms with Gasteiger partial charge in [-0.1, -0.05) is 53.6 Å². The van der Waals surface area contributed by atoms with Gasteiger partial charge >= 0.3 is 0 Å². The normalized spacial score (nSPS) is 49.6. The molecular weight excluding hydrogens is 434 g/mol. The van der Waals surface area contributed by atoms with E-state index in [2.05, 4.69) is 53.6 Å². The van der Waals surface area contributed by atoms with E-state index in [1.807, 2.05) is 6.20 Å². The van der Waals surface area contributed by atoms with Crippen LogP contribution in [-0.4, -0.2) is 17.2 Å². The standard InChI is InChI=1S/C31H45NO3/c1-26(2)10-12-31(18-33)13-11-30(7)24(20(31)16-26)21(34)14-23-28(5)15-19-17-32-35-25(19)27(3,4)22(28)8-9-29(23,30)6/h17-18,20,22-24H,8-16H2,1-7H3/t20?,22?,23?,24?,28-,29+,30+,31?/m0/s1. The first kappa shape index (κ1) is 23.9. The summed E-state index contributed by atoms with van der Waals surface area (Å²) in [5, 5.41) is 4.20. The maximum absolute atomic E-state index is 14.4. The molecule has 0 saturated heterocycles. The summed E-state index contributed by atoms with van der Waals surface area (Å²) in [5.41, 5.74) is 1.18. The van der Waals surface area contributed by atoms with Gasteiger partial charge in [-0.25, -0.2) is 0 Å². The van der Waals surface area contributed by atoms with E-state index in [1.54, 1.807) is 0 Å². The van der Waals surface area contributed by atoms with Crippen LogP contribution in [0.3, 0.4) is 0 Å². The summed E-state index contributed by atoms with van der Waals surface area (Å²) in [5.74, 6) is 2.57. The first-order valence-electron chi connectivity index (χ1n) is 14.2. The molecule has 1 heterocycles. The number of ketones is 1. The van der Waals surface area contributed by atoms with Crippen molar-refractivity contribution in [2.45, 2.75) is 112 Å². The molecule has 5 aliphatic carbocycles. The smallest absolute Gasteiger partial charge is 0.145 e. The molecule has 0 amide bonds. The van der Waals surface area contributed by atoms with Crippen LogP contribution in [-0.2, 0) is 21.4 Å². The van der Waals surface area contributed by atoms with Gasteiger partial charge in [-0.3, -0.25) is 4.79 Å². The maximum Gasteiger partial charge on any atom is 0.145 e. The van der Waals surface area contributed by atoms with Crippen LogP contribution in [0.25, 0.3) is 0 Å². The molecule has 6 rings (SSSR count). The molecule has 1 aromatic rings. The van der Waals surface area contributed by atoms with Crippen LogP contribution in [0.1, 0.15) is 111 Å². The molecule has 4 fully saturated rings. The Hall–Kier alpha value is -1.45. The number of rotatable bonds is 1. The van der Waals surface area contributed by atoms with Gasteiger partial charge in [0.1, 0.15) is 17.8 Å². The van der Waals surface area contributed by atoms with E-state index in [1.165, 1.54) is 18.3 Å². The Labute approximate surface area is 211 Å². The summed E-state index contributed by atoms with van der Waals surface area (Å²) < 4.78 is 5.81. The lowest BCUT2D eigenvalue weighted by molar-refractivity contribution is -0.225. The van der Waals surface area contributed by atoms with Crippen LogP contribution in [0.15, 0.2) is 10.7 Å². The topological polar surface area (TPSA) is 60.2 Å². The Kier molecular flexibility index (Phi) is 4.71. The van der Waals surface area contributed by atoms with Crippen molar-refractivity contribution < 1.29 is 14.1 Å². The Bertz CT molecular complexity index is 1080. The number of fused-ring (bicyclic) bond motifs is 8. The molecule has 0 aliphatic heterocycles. The highest BCUT2D eigenvalue weighted by Gasteiger charge is 2.72. The lowest BCUT2D eigenvalue weighted by atomic mass is 9.31. The molecule has 0 aromatic carbocycles. The third-order valence-corrected chi connectivity index (χ3v) is 13.3. The van der Waals surface area contributed by atoms with Crippen LogP contribution in [0, 0.1) is 50.7 Å². The van der Waals surface area contributed by atoms with Crippen LogP contribution in [0.4, 0.5) is 0 Å². The summed E-state index contributed by atoms with van der Waals surface area (Å²) in [6.07, 6.45) is 12.2. The minimum atomic E-state index is -0.288. The summed E-state index contributed by atoms with van der Waals surface area (Å²) >= 11 is 0. The lowest BCUT2D eigenvalue weighted by Crippen LogP contribution is -2.69. The zero-order valence-electron chi connectivity index (χ0n) is 23.0. The number of aldehydes is 1. The van der Waals surface area contributed by atoms with E-state index in [9.17, 15) is 9.59 Å². The van der Waals surface area contributed by atoms with Crippen molar-refractivity contribution >= 4 is 12.1 Å².